The molecule has 2 heterocycles. The molecule has 0 bridgehead atoms. The number of rotatable bonds is 2. The van der Waals surface area contributed by atoms with Crippen molar-refractivity contribution in [1.29, 1.82) is 0 Å². The summed E-state index contributed by atoms with van der Waals surface area (Å²) in [6.45, 7) is 0. The number of nitrogens with zero attached hydrogens (tertiary/aromatic N) is 3. The van der Waals surface area contributed by atoms with Crippen LogP contribution in [0.25, 0.3) is 5.65 Å². The van der Waals surface area contributed by atoms with Gasteiger partial charge in [-0.1, -0.05) is 0 Å². The third-order valence-corrected chi connectivity index (χ3v) is 2.47. The van der Waals surface area contributed by atoms with Gasteiger partial charge in [0.25, 0.3) is 5.88 Å². The first-order valence-corrected chi connectivity index (χ1v) is 5.35. The lowest BCUT2D eigenvalue weighted by molar-refractivity contribution is 0.450. The van der Waals surface area contributed by atoms with E-state index in [1.807, 2.05) is 0 Å². The molecule has 0 amide bonds. The number of nitrogens with two attached hydrogens (primary N) is 1. The van der Waals surface area contributed by atoms with Gasteiger partial charge >= 0.3 is 0 Å². The van der Waals surface area contributed by atoms with Gasteiger partial charge in [0.15, 0.2) is 11.6 Å². The van der Waals surface area contributed by atoms with E-state index < -0.39 is 11.6 Å². The summed E-state index contributed by atoms with van der Waals surface area (Å²) in [6, 6.07) is 3.20. The number of ether oxygens (including phenoxy) is 1. The molecule has 0 radical (unpaired) electrons. The van der Waals surface area contributed by atoms with Crippen molar-refractivity contribution in [3.63, 3.8) is 0 Å². The van der Waals surface area contributed by atoms with Crippen molar-refractivity contribution in [2.75, 3.05) is 5.73 Å². The maximum atomic E-state index is 13.1. The number of halogens is 2. The molecule has 0 spiro atoms. The van der Waals surface area contributed by atoms with Crippen molar-refractivity contribution >= 4 is 11.5 Å². The summed E-state index contributed by atoms with van der Waals surface area (Å²) in [4.78, 5) is 8.02. The Morgan fingerprint density at radius 2 is 2.05 bits per heavy atom. The van der Waals surface area contributed by atoms with Crippen LogP contribution in [0.5, 0.6) is 11.6 Å². The fraction of sp³-hybridized carbons (Fsp3) is 0. The smallest absolute Gasteiger partial charge is 0.265 e. The van der Waals surface area contributed by atoms with Crippen molar-refractivity contribution in [3.05, 3.63) is 48.4 Å². The van der Waals surface area contributed by atoms with E-state index in [1.165, 1.54) is 6.07 Å². The maximum absolute atomic E-state index is 13.1. The summed E-state index contributed by atoms with van der Waals surface area (Å²) < 4.78 is 32.9. The fourth-order valence-corrected chi connectivity index (χ4v) is 1.64. The van der Waals surface area contributed by atoms with Crippen LogP contribution in [-0.4, -0.2) is 14.4 Å². The minimum atomic E-state index is -0.999. The normalized spacial score (nSPS) is 10.8. The Bertz CT molecular complexity index is 757. The zero-order chi connectivity index (χ0) is 13.4. The third-order valence-electron chi connectivity index (χ3n) is 2.47. The van der Waals surface area contributed by atoms with E-state index in [9.17, 15) is 8.78 Å². The van der Waals surface area contributed by atoms with Crippen LogP contribution >= 0.6 is 0 Å². The molecule has 0 atom stereocenters. The first kappa shape index (κ1) is 11.4. The number of anilines is 1. The lowest BCUT2D eigenvalue weighted by Crippen LogP contribution is -1.99. The number of hydrogen-bond donors (Lipinski definition) is 1. The number of nitrogen functional groups attached to an aromatic ring is 1. The molecule has 0 aliphatic rings. The number of hydrogen-bond acceptors (Lipinski definition) is 4. The zero-order valence-electron chi connectivity index (χ0n) is 9.55. The first-order valence-electron chi connectivity index (χ1n) is 5.35. The van der Waals surface area contributed by atoms with Gasteiger partial charge in [0.1, 0.15) is 11.6 Å². The molecule has 1 aromatic carbocycles. The molecule has 19 heavy (non-hydrogen) atoms. The Labute approximate surface area is 106 Å². The topological polar surface area (TPSA) is 65.4 Å². The van der Waals surface area contributed by atoms with Gasteiger partial charge in [-0.15, -0.1) is 0 Å². The Balaban J connectivity index is 2.04. The standard InChI is InChI=1S/C12H8F2N4O/c13-8-2-1-7(5-9(8)14)19-12-11-16-3-4-18(11)6-10(15)17-12/h1-6H,15H2. The fourth-order valence-electron chi connectivity index (χ4n) is 1.64. The lowest BCUT2D eigenvalue weighted by Gasteiger charge is -2.07. The molecule has 2 N–H and O–H groups in total. The largest absolute Gasteiger partial charge is 0.436 e. The quantitative estimate of drug-likeness (QED) is 0.770. The second-order valence-electron chi connectivity index (χ2n) is 3.81. The van der Waals surface area contributed by atoms with Crippen LogP contribution in [0, 0.1) is 11.6 Å². The van der Waals surface area contributed by atoms with Crippen LogP contribution in [0.2, 0.25) is 0 Å². The van der Waals surface area contributed by atoms with E-state index in [0.717, 1.165) is 12.1 Å². The molecule has 96 valence electrons. The van der Waals surface area contributed by atoms with Crippen molar-refractivity contribution < 1.29 is 13.5 Å². The van der Waals surface area contributed by atoms with Crippen molar-refractivity contribution in [2.24, 2.45) is 0 Å². The lowest BCUT2D eigenvalue weighted by atomic mass is 10.3. The van der Waals surface area contributed by atoms with Crippen LogP contribution in [0.15, 0.2) is 36.8 Å². The average Bonchev–Trinajstić information content (AvgIpc) is 2.82. The molecule has 3 aromatic rings. The van der Waals surface area contributed by atoms with Gasteiger partial charge in [0.05, 0.1) is 6.20 Å². The summed E-state index contributed by atoms with van der Waals surface area (Å²) in [7, 11) is 0. The molecule has 0 saturated heterocycles. The molecule has 2 aromatic heterocycles. The van der Waals surface area contributed by atoms with Crippen molar-refractivity contribution in [1.82, 2.24) is 14.4 Å². The molecule has 0 aliphatic heterocycles. The monoisotopic (exact) mass is 262 g/mol. The molecule has 0 unspecified atom stereocenters. The summed E-state index contributed by atoms with van der Waals surface area (Å²) in [6.07, 6.45) is 4.79. The van der Waals surface area contributed by atoms with Crippen LogP contribution < -0.4 is 10.5 Å². The highest BCUT2D eigenvalue weighted by atomic mass is 19.2. The minimum Gasteiger partial charge on any atom is -0.436 e. The number of aromatic nitrogens is 3. The molecular formula is C12H8F2N4O. The Morgan fingerprint density at radius 3 is 2.84 bits per heavy atom. The van der Waals surface area contributed by atoms with Crippen LogP contribution in [-0.2, 0) is 0 Å². The molecular weight excluding hydrogens is 254 g/mol. The second kappa shape index (κ2) is 4.20. The predicted molar refractivity (Wildman–Crippen MR) is 63.8 cm³/mol. The van der Waals surface area contributed by atoms with E-state index in [0.29, 0.717) is 5.65 Å². The first-order chi connectivity index (χ1) is 9.13. The van der Waals surface area contributed by atoms with Gasteiger partial charge in [-0.05, 0) is 12.1 Å². The third kappa shape index (κ3) is 2.05. The zero-order valence-corrected chi connectivity index (χ0v) is 9.55. The number of benzene rings is 1. The number of fused-ring (bicyclic) bond motifs is 1. The predicted octanol–water partition coefficient (Wildman–Crippen LogP) is 2.38. The SMILES string of the molecule is Nc1cn2ccnc2c(Oc2ccc(F)c(F)c2)n1. The van der Waals surface area contributed by atoms with E-state index >= 15 is 0 Å². The second-order valence-corrected chi connectivity index (χ2v) is 3.81. The molecule has 5 nitrogen and oxygen atoms in total. The Hall–Kier alpha value is -2.70. The van der Waals surface area contributed by atoms with Crippen molar-refractivity contribution in [2.45, 2.75) is 0 Å². The molecule has 3 rings (SSSR count). The maximum Gasteiger partial charge on any atom is 0.265 e. The van der Waals surface area contributed by atoms with Gasteiger partial charge in [-0.25, -0.2) is 13.8 Å². The molecule has 0 saturated carbocycles. The van der Waals surface area contributed by atoms with Crippen LogP contribution in [0.1, 0.15) is 0 Å². The van der Waals surface area contributed by atoms with Crippen molar-refractivity contribution in [3.8, 4) is 11.6 Å². The Morgan fingerprint density at radius 1 is 1.21 bits per heavy atom. The van der Waals surface area contributed by atoms with E-state index in [2.05, 4.69) is 9.97 Å². The van der Waals surface area contributed by atoms with Gasteiger partial charge < -0.3 is 10.5 Å². The van der Waals surface area contributed by atoms with Gasteiger partial charge in [0, 0.05) is 18.5 Å². The molecule has 7 heteroatoms. The highest BCUT2D eigenvalue weighted by Crippen LogP contribution is 2.25. The van der Waals surface area contributed by atoms with E-state index in [4.69, 9.17) is 10.5 Å². The molecule has 0 aliphatic carbocycles. The molecule has 0 fully saturated rings. The Kier molecular flexibility index (Phi) is 2.52. The average molecular weight is 262 g/mol. The van der Waals surface area contributed by atoms with E-state index in [1.54, 1.807) is 23.0 Å². The summed E-state index contributed by atoms with van der Waals surface area (Å²) >= 11 is 0. The summed E-state index contributed by atoms with van der Waals surface area (Å²) in [5, 5.41) is 0. The van der Waals surface area contributed by atoms with Gasteiger partial charge in [-0.2, -0.15) is 4.98 Å². The summed E-state index contributed by atoms with van der Waals surface area (Å²) in [5.41, 5.74) is 6.05. The number of imidazole rings is 1. The van der Waals surface area contributed by atoms with Gasteiger partial charge in [-0.3, -0.25) is 4.40 Å². The van der Waals surface area contributed by atoms with E-state index in [-0.39, 0.29) is 17.4 Å². The van der Waals surface area contributed by atoms with Crippen LogP contribution in [0.3, 0.4) is 0 Å². The highest BCUT2D eigenvalue weighted by Gasteiger charge is 2.10. The minimum absolute atomic E-state index is 0.113. The van der Waals surface area contributed by atoms with Crippen LogP contribution in [0.4, 0.5) is 14.6 Å². The van der Waals surface area contributed by atoms with Gasteiger partial charge in [0.2, 0.25) is 5.65 Å². The summed E-state index contributed by atoms with van der Waals surface area (Å²) in [5.74, 6) is -1.49. The highest BCUT2D eigenvalue weighted by molar-refractivity contribution is 5.53.